The van der Waals surface area contributed by atoms with Gasteiger partial charge in [0.05, 0.1) is 12.2 Å². The minimum atomic E-state index is 0.0193. The molecule has 3 rings (SSSR count). The van der Waals surface area contributed by atoms with Crippen molar-refractivity contribution in [2.45, 2.75) is 19.6 Å². The Bertz CT molecular complexity index is 643. The Morgan fingerprint density at radius 2 is 2.24 bits per heavy atom. The number of hydrogen-bond acceptors (Lipinski definition) is 4. The van der Waals surface area contributed by atoms with Crippen molar-refractivity contribution in [1.29, 1.82) is 0 Å². The van der Waals surface area contributed by atoms with E-state index in [9.17, 15) is 4.79 Å². The molecule has 21 heavy (non-hydrogen) atoms. The number of pyridine rings is 2. The van der Waals surface area contributed by atoms with Gasteiger partial charge < -0.3 is 9.64 Å². The highest BCUT2D eigenvalue weighted by Crippen LogP contribution is 2.23. The van der Waals surface area contributed by atoms with Crippen molar-refractivity contribution < 1.29 is 9.53 Å². The van der Waals surface area contributed by atoms with E-state index in [-0.39, 0.29) is 5.91 Å². The van der Waals surface area contributed by atoms with Gasteiger partial charge in [0.25, 0.3) is 5.91 Å². The van der Waals surface area contributed by atoms with Crippen molar-refractivity contribution in [3.63, 3.8) is 0 Å². The number of carbonyl (C=O) groups excluding carboxylic acids is 1. The molecule has 0 radical (unpaired) electrons. The van der Waals surface area contributed by atoms with Crippen molar-refractivity contribution in [3.05, 3.63) is 59.2 Å². The van der Waals surface area contributed by atoms with Gasteiger partial charge in [-0.1, -0.05) is 0 Å². The summed E-state index contributed by atoms with van der Waals surface area (Å²) in [5.41, 5.74) is 4.11. The second kappa shape index (κ2) is 6.01. The van der Waals surface area contributed by atoms with Gasteiger partial charge >= 0.3 is 0 Å². The van der Waals surface area contributed by atoms with Crippen LogP contribution in [-0.2, 0) is 24.3 Å². The summed E-state index contributed by atoms with van der Waals surface area (Å²) in [6.07, 6.45) is 7.81. The van der Waals surface area contributed by atoms with Crippen LogP contribution in [0.4, 0.5) is 0 Å². The fourth-order valence-electron chi connectivity index (χ4n) is 2.69. The topological polar surface area (TPSA) is 55.3 Å². The number of hydrogen-bond donors (Lipinski definition) is 0. The molecule has 108 valence electrons. The lowest BCUT2D eigenvalue weighted by Gasteiger charge is -2.29. The number of aromatic nitrogens is 2. The summed E-state index contributed by atoms with van der Waals surface area (Å²) in [4.78, 5) is 22.6. The Hall–Kier alpha value is -2.27. The zero-order chi connectivity index (χ0) is 14.7. The van der Waals surface area contributed by atoms with E-state index < -0.39 is 0 Å². The summed E-state index contributed by atoms with van der Waals surface area (Å²) in [5.74, 6) is 0.0193. The second-order valence-corrected chi connectivity index (χ2v) is 5.09. The van der Waals surface area contributed by atoms with E-state index in [1.165, 1.54) is 5.56 Å². The van der Waals surface area contributed by atoms with Crippen LogP contribution >= 0.6 is 0 Å². The Balaban J connectivity index is 1.82. The predicted molar refractivity (Wildman–Crippen MR) is 77.6 cm³/mol. The zero-order valence-corrected chi connectivity index (χ0v) is 12.0. The van der Waals surface area contributed by atoms with Gasteiger partial charge in [0.1, 0.15) is 0 Å². The lowest BCUT2D eigenvalue weighted by molar-refractivity contribution is 0.0733. The fourth-order valence-corrected chi connectivity index (χ4v) is 2.69. The van der Waals surface area contributed by atoms with Gasteiger partial charge in [-0.05, 0) is 35.2 Å². The van der Waals surface area contributed by atoms with Crippen LogP contribution in [0.3, 0.4) is 0 Å². The quantitative estimate of drug-likeness (QED) is 0.862. The smallest absolute Gasteiger partial charge is 0.255 e. The van der Waals surface area contributed by atoms with Crippen LogP contribution < -0.4 is 0 Å². The number of rotatable bonds is 3. The molecule has 0 aromatic carbocycles. The number of nitrogens with zero attached hydrogens (tertiary/aromatic N) is 3. The maximum absolute atomic E-state index is 12.5. The third kappa shape index (κ3) is 2.78. The lowest BCUT2D eigenvalue weighted by atomic mass is 9.97. The van der Waals surface area contributed by atoms with E-state index in [0.29, 0.717) is 25.3 Å². The molecule has 2 aromatic heterocycles. The molecule has 2 aromatic rings. The van der Waals surface area contributed by atoms with Crippen LogP contribution in [0.2, 0.25) is 0 Å². The van der Waals surface area contributed by atoms with Crippen molar-refractivity contribution in [1.82, 2.24) is 14.9 Å². The normalized spacial score (nSPS) is 13.9. The first-order valence-electron chi connectivity index (χ1n) is 6.92. The largest absolute Gasteiger partial charge is 0.380 e. The molecule has 1 amide bonds. The van der Waals surface area contributed by atoms with E-state index >= 15 is 0 Å². The van der Waals surface area contributed by atoms with Gasteiger partial charge in [0.2, 0.25) is 0 Å². The lowest BCUT2D eigenvalue weighted by Crippen LogP contribution is -2.36. The Kier molecular flexibility index (Phi) is 3.92. The van der Waals surface area contributed by atoms with Crippen LogP contribution in [0.25, 0.3) is 0 Å². The molecular formula is C16H17N3O2. The minimum Gasteiger partial charge on any atom is -0.380 e. The van der Waals surface area contributed by atoms with Gasteiger partial charge in [0, 0.05) is 45.0 Å². The van der Waals surface area contributed by atoms with Gasteiger partial charge in [-0.25, -0.2) is 0 Å². The van der Waals surface area contributed by atoms with E-state index in [1.807, 2.05) is 17.3 Å². The summed E-state index contributed by atoms with van der Waals surface area (Å²) < 4.78 is 5.21. The minimum absolute atomic E-state index is 0.0193. The predicted octanol–water partition coefficient (Wildman–Crippen LogP) is 1.82. The van der Waals surface area contributed by atoms with Gasteiger partial charge in [0.15, 0.2) is 0 Å². The van der Waals surface area contributed by atoms with Gasteiger partial charge in [-0.3, -0.25) is 14.8 Å². The van der Waals surface area contributed by atoms with Gasteiger partial charge in [-0.2, -0.15) is 0 Å². The van der Waals surface area contributed by atoms with Gasteiger partial charge in [-0.15, -0.1) is 0 Å². The van der Waals surface area contributed by atoms with Crippen LogP contribution in [0.1, 0.15) is 27.0 Å². The van der Waals surface area contributed by atoms with Crippen LogP contribution in [0.15, 0.2) is 36.9 Å². The maximum Gasteiger partial charge on any atom is 0.255 e. The molecule has 0 saturated carbocycles. The monoisotopic (exact) mass is 283 g/mol. The van der Waals surface area contributed by atoms with Crippen molar-refractivity contribution in [3.8, 4) is 0 Å². The maximum atomic E-state index is 12.5. The molecular weight excluding hydrogens is 266 g/mol. The molecule has 1 aliphatic rings. The Labute approximate surface area is 123 Å². The van der Waals surface area contributed by atoms with E-state index in [2.05, 4.69) is 9.97 Å². The summed E-state index contributed by atoms with van der Waals surface area (Å²) in [5, 5.41) is 0. The molecule has 5 nitrogen and oxygen atoms in total. The number of ether oxygens (including phenoxy) is 1. The van der Waals surface area contributed by atoms with Crippen molar-refractivity contribution in [2.75, 3.05) is 13.7 Å². The molecule has 0 atom stereocenters. The third-order valence-electron chi connectivity index (χ3n) is 3.72. The number of carbonyl (C=O) groups is 1. The Morgan fingerprint density at radius 1 is 1.33 bits per heavy atom. The molecule has 3 heterocycles. The third-order valence-corrected chi connectivity index (χ3v) is 3.72. The molecule has 0 bridgehead atoms. The fraction of sp³-hybridized carbons (Fsp3) is 0.312. The van der Waals surface area contributed by atoms with E-state index in [4.69, 9.17) is 4.74 Å². The first-order chi connectivity index (χ1) is 10.3. The van der Waals surface area contributed by atoms with Crippen LogP contribution in [-0.4, -0.2) is 34.4 Å². The van der Waals surface area contributed by atoms with E-state index in [0.717, 1.165) is 17.5 Å². The van der Waals surface area contributed by atoms with Crippen LogP contribution in [0.5, 0.6) is 0 Å². The standard InChI is InChI=1S/C16H17N3O2/c1-21-11-14-9-18-8-13-10-19(6-4-15(13)14)16(20)12-3-2-5-17-7-12/h2-3,5,7-9H,4,6,10-11H2,1H3. The molecule has 0 aliphatic carbocycles. The summed E-state index contributed by atoms with van der Waals surface area (Å²) in [7, 11) is 1.68. The number of methoxy groups -OCH3 is 1. The SMILES string of the molecule is COCc1cncc2c1CCN(C(=O)c1cccnc1)C2. The molecule has 0 spiro atoms. The summed E-state index contributed by atoms with van der Waals surface area (Å²) in [6, 6.07) is 3.58. The second-order valence-electron chi connectivity index (χ2n) is 5.09. The Morgan fingerprint density at radius 3 is 3.00 bits per heavy atom. The average molecular weight is 283 g/mol. The molecule has 1 aliphatic heterocycles. The first-order valence-corrected chi connectivity index (χ1v) is 6.92. The molecule has 0 N–H and O–H groups in total. The van der Waals surface area contributed by atoms with Crippen molar-refractivity contribution in [2.24, 2.45) is 0 Å². The number of amides is 1. The highest BCUT2D eigenvalue weighted by molar-refractivity contribution is 5.94. The molecule has 0 fully saturated rings. The summed E-state index contributed by atoms with van der Waals surface area (Å²) >= 11 is 0. The first kappa shape index (κ1) is 13.7. The number of fused-ring (bicyclic) bond motifs is 1. The van der Waals surface area contributed by atoms with Crippen molar-refractivity contribution >= 4 is 5.91 Å². The summed E-state index contributed by atoms with van der Waals surface area (Å²) in [6.45, 7) is 1.86. The highest BCUT2D eigenvalue weighted by atomic mass is 16.5. The van der Waals surface area contributed by atoms with E-state index in [1.54, 1.807) is 31.6 Å². The molecule has 0 unspecified atom stereocenters. The average Bonchev–Trinajstić information content (AvgIpc) is 2.55. The highest BCUT2D eigenvalue weighted by Gasteiger charge is 2.23. The van der Waals surface area contributed by atoms with Crippen LogP contribution in [0, 0.1) is 0 Å². The molecule has 0 saturated heterocycles. The zero-order valence-electron chi connectivity index (χ0n) is 12.0. The molecule has 5 heteroatoms.